The predicted octanol–water partition coefficient (Wildman–Crippen LogP) is 2.77. The molecule has 2 amide bonds. The normalized spacial score (nSPS) is 12.4. The Morgan fingerprint density at radius 2 is 1.47 bits per heavy atom. The van der Waals surface area contributed by atoms with Crippen molar-refractivity contribution < 1.29 is 14.7 Å². The third-order valence-corrected chi connectivity index (χ3v) is 5.95. The summed E-state index contributed by atoms with van der Waals surface area (Å²) in [6, 6.07) is 25.5. The van der Waals surface area contributed by atoms with Crippen LogP contribution in [0.2, 0.25) is 0 Å². The van der Waals surface area contributed by atoms with Gasteiger partial charge in [-0.25, -0.2) is 0 Å². The Kier molecular flexibility index (Phi) is 9.05. The van der Waals surface area contributed by atoms with E-state index in [9.17, 15) is 14.7 Å². The minimum atomic E-state index is -1.21. The summed E-state index contributed by atoms with van der Waals surface area (Å²) in [4.78, 5) is 31.1. The van der Waals surface area contributed by atoms with Gasteiger partial charge in [-0.3, -0.25) is 14.6 Å². The van der Waals surface area contributed by atoms with Gasteiger partial charge in [-0.15, -0.1) is 0 Å². The molecular weight excluding hydrogens is 454 g/mol. The zero-order valence-electron chi connectivity index (χ0n) is 20.4. The van der Waals surface area contributed by atoms with E-state index in [1.807, 2.05) is 60.7 Å². The highest BCUT2D eigenvalue weighted by Crippen LogP contribution is 2.26. The molecule has 0 radical (unpaired) electrons. The number of nitrogens with zero attached hydrogens (tertiary/aromatic N) is 1. The number of benzene rings is 3. The van der Waals surface area contributed by atoms with Crippen molar-refractivity contribution >= 4 is 17.8 Å². The van der Waals surface area contributed by atoms with E-state index in [0.717, 1.165) is 16.7 Å². The summed E-state index contributed by atoms with van der Waals surface area (Å²) in [5.41, 5.74) is 12.1. The van der Waals surface area contributed by atoms with E-state index in [-0.39, 0.29) is 30.1 Å². The van der Waals surface area contributed by atoms with Crippen molar-refractivity contribution in [3.63, 3.8) is 0 Å². The topological polar surface area (TPSA) is 143 Å². The Morgan fingerprint density at radius 1 is 0.917 bits per heavy atom. The van der Waals surface area contributed by atoms with Crippen molar-refractivity contribution in [1.82, 2.24) is 10.6 Å². The van der Waals surface area contributed by atoms with E-state index in [1.54, 1.807) is 31.2 Å². The monoisotopic (exact) mass is 487 g/mol. The van der Waals surface area contributed by atoms with E-state index < -0.39 is 11.5 Å². The standard InChI is InChI=1S/C28H33N5O3/c1-28(17-8-18-31-27(29)30,26(36)32-19-20-13-15-23(34)16-14-20)33-25(35)24(21-9-4-2-5-10-21)22-11-6-3-7-12-22/h2-7,9-16,24,34H,8,17-19H2,1H3,(H,32,36)(H,33,35)(H4,29,30,31). The second kappa shape index (κ2) is 12.4. The molecule has 0 aliphatic heterocycles. The molecule has 7 N–H and O–H groups in total. The van der Waals surface area contributed by atoms with Crippen LogP contribution in [-0.2, 0) is 16.1 Å². The Morgan fingerprint density at radius 3 is 2.00 bits per heavy atom. The lowest BCUT2D eigenvalue weighted by Crippen LogP contribution is -2.57. The maximum absolute atomic E-state index is 13.7. The van der Waals surface area contributed by atoms with Crippen molar-refractivity contribution in [2.75, 3.05) is 6.54 Å². The molecule has 36 heavy (non-hydrogen) atoms. The van der Waals surface area contributed by atoms with Crippen LogP contribution in [0.4, 0.5) is 0 Å². The molecule has 0 bridgehead atoms. The fourth-order valence-electron chi connectivity index (χ4n) is 4.00. The van der Waals surface area contributed by atoms with Crippen LogP contribution in [0.15, 0.2) is 89.9 Å². The highest BCUT2D eigenvalue weighted by Gasteiger charge is 2.37. The quantitative estimate of drug-likeness (QED) is 0.161. The summed E-state index contributed by atoms with van der Waals surface area (Å²) >= 11 is 0. The number of aliphatic imine (C=N–C) groups is 1. The number of carbonyl (C=O) groups excluding carboxylic acids is 2. The Bertz CT molecular complexity index is 1120. The summed E-state index contributed by atoms with van der Waals surface area (Å²) in [5.74, 6) is -1.07. The molecule has 0 spiro atoms. The molecule has 3 rings (SSSR count). The molecule has 0 heterocycles. The first kappa shape index (κ1) is 26.3. The van der Waals surface area contributed by atoms with E-state index in [0.29, 0.717) is 19.4 Å². The summed E-state index contributed by atoms with van der Waals surface area (Å²) in [7, 11) is 0. The van der Waals surface area contributed by atoms with Crippen LogP contribution in [-0.4, -0.2) is 35.0 Å². The average Bonchev–Trinajstić information content (AvgIpc) is 2.87. The maximum atomic E-state index is 13.7. The highest BCUT2D eigenvalue weighted by molar-refractivity contribution is 5.94. The van der Waals surface area contributed by atoms with Crippen LogP contribution in [0.1, 0.15) is 42.4 Å². The minimum Gasteiger partial charge on any atom is -0.508 e. The van der Waals surface area contributed by atoms with Gasteiger partial charge < -0.3 is 27.2 Å². The fourth-order valence-corrected chi connectivity index (χ4v) is 4.00. The van der Waals surface area contributed by atoms with E-state index >= 15 is 0 Å². The molecule has 1 unspecified atom stereocenters. The van der Waals surface area contributed by atoms with Crippen molar-refractivity contribution in [3.05, 3.63) is 102 Å². The van der Waals surface area contributed by atoms with Crippen molar-refractivity contribution in [2.24, 2.45) is 16.5 Å². The van der Waals surface area contributed by atoms with Gasteiger partial charge in [0.2, 0.25) is 11.8 Å². The van der Waals surface area contributed by atoms with E-state index in [2.05, 4.69) is 15.6 Å². The number of phenols is 1. The van der Waals surface area contributed by atoms with Gasteiger partial charge in [-0.1, -0.05) is 72.8 Å². The molecule has 1 atom stereocenters. The Balaban J connectivity index is 1.83. The van der Waals surface area contributed by atoms with Gasteiger partial charge >= 0.3 is 0 Å². The average molecular weight is 488 g/mol. The van der Waals surface area contributed by atoms with Crippen LogP contribution < -0.4 is 22.1 Å². The lowest BCUT2D eigenvalue weighted by atomic mass is 9.88. The maximum Gasteiger partial charge on any atom is 0.245 e. The Hall–Kier alpha value is -4.33. The Labute approximate surface area is 211 Å². The molecule has 0 aromatic heterocycles. The molecule has 0 saturated heterocycles. The van der Waals surface area contributed by atoms with Crippen LogP contribution in [0.3, 0.4) is 0 Å². The summed E-state index contributed by atoms with van der Waals surface area (Å²) in [6.07, 6.45) is 0.815. The van der Waals surface area contributed by atoms with Crippen LogP contribution in [0.25, 0.3) is 0 Å². The number of guanidine groups is 1. The van der Waals surface area contributed by atoms with Gasteiger partial charge in [0, 0.05) is 13.1 Å². The van der Waals surface area contributed by atoms with Crippen LogP contribution in [0, 0.1) is 0 Å². The summed E-state index contributed by atoms with van der Waals surface area (Å²) in [5, 5.41) is 15.4. The van der Waals surface area contributed by atoms with Crippen molar-refractivity contribution in [3.8, 4) is 5.75 Å². The molecule has 3 aromatic rings. The lowest BCUT2D eigenvalue weighted by Gasteiger charge is -2.32. The molecule has 0 aliphatic rings. The van der Waals surface area contributed by atoms with E-state index in [1.165, 1.54) is 0 Å². The minimum absolute atomic E-state index is 0.0225. The zero-order valence-corrected chi connectivity index (χ0v) is 20.4. The smallest absolute Gasteiger partial charge is 0.245 e. The number of rotatable bonds is 11. The number of amides is 2. The largest absolute Gasteiger partial charge is 0.508 e. The van der Waals surface area contributed by atoms with Crippen molar-refractivity contribution in [2.45, 2.75) is 37.8 Å². The molecule has 3 aromatic carbocycles. The summed E-state index contributed by atoms with van der Waals surface area (Å²) in [6.45, 7) is 2.29. The van der Waals surface area contributed by atoms with Gasteiger partial charge in [0.05, 0.1) is 5.92 Å². The number of phenolic OH excluding ortho intramolecular Hbond substituents is 1. The van der Waals surface area contributed by atoms with Gasteiger partial charge in [-0.05, 0) is 48.6 Å². The molecule has 188 valence electrons. The molecular formula is C28H33N5O3. The van der Waals surface area contributed by atoms with Crippen LogP contribution in [0.5, 0.6) is 5.75 Å². The highest BCUT2D eigenvalue weighted by atomic mass is 16.3. The van der Waals surface area contributed by atoms with Crippen LogP contribution >= 0.6 is 0 Å². The number of carbonyl (C=O) groups is 2. The molecule has 0 fully saturated rings. The SMILES string of the molecule is CC(CCCN=C(N)N)(NC(=O)C(c1ccccc1)c1ccccc1)C(=O)NCc1ccc(O)cc1. The fraction of sp³-hybridized carbons (Fsp3) is 0.250. The number of nitrogens with two attached hydrogens (primary N) is 2. The third kappa shape index (κ3) is 7.33. The number of nitrogens with one attached hydrogen (secondary N) is 2. The zero-order chi connectivity index (χ0) is 26.0. The van der Waals surface area contributed by atoms with Gasteiger partial charge in [-0.2, -0.15) is 0 Å². The number of hydrogen-bond acceptors (Lipinski definition) is 4. The number of aromatic hydroxyl groups is 1. The lowest BCUT2D eigenvalue weighted by molar-refractivity contribution is -0.133. The first-order chi connectivity index (χ1) is 17.3. The molecule has 8 nitrogen and oxygen atoms in total. The van der Waals surface area contributed by atoms with Gasteiger partial charge in [0.1, 0.15) is 11.3 Å². The second-order valence-electron chi connectivity index (χ2n) is 8.84. The van der Waals surface area contributed by atoms with Gasteiger partial charge in [0.25, 0.3) is 0 Å². The van der Waals surface area contributed by atoms with E-state index in [4.69, 9.17) is 11.5 Å². The molecule has 0 aliphatic carbocycles. The third-order valence-electron chi connectivity index (χ3n) is 5.95. The predicted molar refractivity (Wildman–Crippen MR) is 141 cm³/mol. The van der Waals surface area contributed by atoms with Gasteiger partial charge in [0.15, 0.2) is 5.96 Å². The number of hydrogen-bond donors (Lipinski definition) is 5. The second-order valence-corrected chi connectivity index (χ2v) is 8.84. The first-order valence-corrected chi connectivity index (χ1v) is 11.8. The molecule has 8 heteroatoms. The van der Waals surface area contributed by atoms with Crippen molar-refractivity contribution in [1.29, 1.82) is 0 Å². The summed E-state index contributed by atoms with van der Waals surface area (Å²) < 4.78 is 0. The molecule has 0 saturated carbocycles. The first-order valence-electron chi connectivity index (χ1n) is 11.8.